The Labute approximate surface area is 885 Å². The number of rotatable bonds is 10. The molecule has 0 atom stereocenters. The van der Waals surface area contributed by atoms with Crippen molar-refractivity contribution in [3.8, 4) is 34.5 Å². The standard InChI is InChI=1S/C17H16N2O4.C14H7Br2ClN2O2.C14H7Br2ClN2O.2C14H8Br2N2O2.C14H8Br2N2O.C12H9N3O/c1-21-13-8-10(9-14(22-2)15(13)23-3)7-12-11-5-4-6-18-16(11)19-17(12)20;15-8-4-6(5-9(16)12(8)20)3-7-11-10(17)1-2-18-13(11)19-14(7)21;15-8-3-7(4-9(16)6-8)5-10-12-11(17)1-2-18-13(12)19-14(10)20;15-9-5-7(6-10(16)13(9)19)4-8-12-11(18-14(8)20)2-1-3-17-12;15-10-5-7(6-11(16)12(10)19)4-9-8-2-1-3-17-13(8)18-14(9)20;15-9-4-8(5-10(16)7-9)6-12-11-2-1-3-17-13(11)18-14(12)19;16-12-10(7-8-3-1-5-13-8)9-4-2-6-14-11(9)15-12/h4-9H,1-3H3,(H,18,19,20);1-5,20H,(H,18,19,21);1-6H,(H,18,19,20);1-6,19H,(H,18,20);1-6,19H,(H,17,18,20);1-7H,(H,17,18,19);1-7,13H,(H,14,15,16)/b;;;;;;10-7-. The summed E-state index contributed by atoms with van der Waals surface area (Å²) >= 11 is 45.6. The number of nitrogens with zero attached hydrogens (tertiary/aromatic N) is 7. The number of ether oxygens (including phenoxy) is 3. The number of phenolic OH excluding ortho intramolecular Hbond substituents is 3. The van der Waals surface area contributed by atoms with Crippen molar-refractivity contribution < 1.29 is 63.1 Å². The van der Waals surface area contributed by atoms with Gasteiger partial charge in [-0.05, 0) is 341 Å². The third-order valence-electron chi connectivity index (χ3n) is 20.5. The van der Waals surface area contributed by atoms with Crippen molar-refractivity contribution in [1.82, 2.24) is 39.9 Å². The maximum Gasteiger partial charge on any atom is 0.258 e. The fourth-order valence-electron chi connectivity index (χ4n) is 14.3. The molecule has 139 heavy (non-hydrogen) atoms. The van der Waals surface area contributed by atoms with Crippen LogP contribution in [0.1, 0.15) is 78.1 Å². The zero-order chi connectivity index (χ0) is 98.7. The van der Waals surface area contributed by atoms with Crippen molar-refractivity contribution in [2.24, 2.45) is 0 Å². The monoisotopic (exact) mass is 2530 g/mol. The highest BCUT2D eigenvalue weighted by Crippen LogP contribution is 2.46. The van der Waals surface area contributed by atoms with Gasteiger partial charge in [-0.15, -0.1) is 0 Å². The fourth-order valence-corrected chi connectivity index (χ4v) is 21.1. The molecule has 7 aliphatic rings. The SMILES string of the molecule is COc1cc(C=C2C(=O)Nc3ncccc32)cc(OC)c1OC.O=C1Nc2cccnc2C1=Cc1cc(Br)c(O)c(Br)c1.O=C1Nc2nccc(Cl)c2C1=Cc1cc(Br)c(O)c(Br)c1.O=C1Nc2nccc(Cl)c2C1=Cc1cc(Br)cc(Br)c1.O=C1Nc2ncccc2/C1=C/c1ccc[nH]1.O=C1Nc2ncccc2C1=Cc1cc(Br)c(O)c(Br)c1.O=C1Nc2ncccc2C1=Cc1cc(Br)cc(Br)c1. The van der Waals surface area contributed by atoms with Gasteiger partial charge in [0.05, 0.1) is 109 Å². The van der Waals surface area contributed by atoms with E-state index in [9.17, 15) is 48.9 Å². The van der Waals surface area contributed by atoms with Gasteiger partial charge >= 0.3 is 0 Å². The molecule has 11 N–H and O–H groups in total. The van der Waals surface area contributed by atoms with Crippen LogP contribution < -0.4 is 51.4 Å². The first-order valence-corrected chi connectivity index (χ1v) is 49.2. The number of amides is 7. The second kappa shape index (κ2) is 45.0. The van der Waals surface area contributed by atoms with Crippen LogP contribution in [0, 0.1) is 0 Å². The molecule has 0 unspecified atom stereocenters. The average Bonchev–Trinajstić information content (AvgIpc) is 1.63. The number of nitrogens with one attached hydrogen (secondary N) is 8. The number of benzene rings is 6. The lowest BCUT2D eigenvalue weighted by Crippen LogP contribution is -2.04. The number of phenols is 3. The summed E-state index contributed by atoms with van der Waals surface area (Å²) in [5, 5.41) is 49.2. The Bertz CT molecular complexity index is 7390. The predicted molar refractivity (Wildman–Crippen MR) is 576 cm³/mol. The molecule has 21 rings (SSSR count). The Morgan fingerprint density at radius 1 is 0.295 bits per heavy atom. The zero-order valence-corrected chi connectivity index (χ0v) is 88.8. The Kier molecular flexibility index (Phi) is 32.6. The molecule has 28 nitrogen and oxygen atoms in total. The van der Waals surface area contributed by atoms with E-state index < -0.39 is 0 Å². The van der Waals surface area contributed by atoms with E-state index in [2.05, 4.69) is 236 Å². The number of halogens is 12. The van der Waals surface area contributed by atoms with Crippen molar-refractivity contribution in [2.75, 3.05) is 58.5 Å². The van der Waals surface area contributed by atoms with Crippen LogP contribution in [-0.4, -0.2) is 118 Å². The highest BCUT2D eigenvalue weighted by Gasteiger charge is 2.33. The van der Waals surface area contributed by atoms with Crippen LogP contribution in [0.3, 0.4) is 0 Å². The van der Waals surface area contributed by atoms with Gasteiger partial charge in [-0.1, -0.05) is 86.9 Å². The molecule has 14 aromatic rings. The highest BCUT2D eigenvalue weighted by atomic mass is 79.9. The summed E-state index contributed by atoms with van der Waals surface area (Å²) in [6.07, 6.45) is 25.6. The number of fused-ring (bicyclic) bond motifs is 7. The van der Waals surface area contributed by atoms with Crippen LogP contribution >= 0.6 is 183 Å². The minimum atomic E-state index is -0.258. The molecule has 8 aromatic heterocycles. The number of anilines is 7. The molecule has 0 spiro atoms. The number of carbonyl (C=O) groups is 7. The smallest absolute Gasteiger partial charge is 0.258 e. The zero-order valence-electron chi connectivity index (χ0n) is 71.4. The second-order valence-corrected chi connectivity index (χ2v) is 39.2. The highest BCUT2D eigenvalue weighted by molar-refractivity contribution is 9.12. The van der Waals surface area contributed by atoms with E-state index in [0.29, 0.717) is 151 Å². The van der Waals surface area contributed by atoms with Gasteiger partial charge in [-0.2, -0.15) is 0 Å². The molecular formula is C99H63Br10Cl2N15O13. The minimum Gasteiger partial charge on any atom is -0.506 e. The van der Waals surface area contributed by atoms with Gasteiger partial charge in [0.2, 0.25) is 5.75 Å². The van der Waals surface area contributed by atoms with Crippen LogP contribution in [0.5, 0.6) is 34.5 Å². The van der Waals surface area contributed by atoms with Crippen molar-refractivity contribution in [3.05, 3.63) is 352 Å². The maximum atomic E-state index is 12.2. The lowest BCUT2D eigenvalue weighted by Gasteiger charge is -2.13. The molecule has 0 saturated carbocycles. The summed E-state index contributed by atoms with van der Waals surface area (Å²) in [5.41, 5.74) is 15.5. The lowest BCUT2D eigenvalue weighted by atomic mass is 10.0. The number of H-pyrrole nitrogens is 1. The maximum absolute atomic E-state index is 12.2. The molecule has 0 bridgehead atoms. The van der Waals surface area contributed by atoms with Gasteiger partial charge in [0.15, 0.2) is 11.5 Å². The normalized spacial score (nSPS) is 15.3. The summed E-state index contributed by atoms with van der Waals surface area (Å²) in [4.78, 5) is 116. The molecule has 6 aromatic carbocycles. The number of aromatic nitrogens is 8. The van der Waals surface area contributed by atoms with Crippen LogP contribution in [0.25, 0.3) is 81.5 Å². The summed E-state index contributed by atoms with van der Waals surface area (Å²) in [6, 6.07) is 51.0. The first-order chi connectivity index (χ1) is 66.8. The number of hydrogen-bond donors (Lipinski definition) is 11. The number of pyridine rings is 7. The van der Waals surface area contributed by atoms with E-state index >= 15 is 0 Å². The van der Waals surface area contributed by atoms with Gasteiger partial charge in [-0.25, -0.2) is 29.9 Å². The number of methoxy groups -OCH3 is 3. The van der Waals surface area contributed by atoms with Crippen molar-refractivity contribution in [3.63, 3.8) is 0 Å². The Hall–Kier alpha value is -12.7. The Morgan fingerprint density at radius 2 is 0.583 bits per heavy atom. The topological polar surface area (TPSA) is 398 Å². The van der Waals surface area contributed by atoms with Crippen LogP contribution in [0.4, 0.5) is 40.6 Å². The lowest BCUT2D eigenvalue weighted by molar-refractivity contribution is -0.111. The van der Waals surface area contributed by atoms with Crippen LogP contribution in [-0.2, 0) is 33.6 Å². The minimum absolute atomic E-state index is 0.105. The molecule has 7 amide bonds. The summed E-state index contributed by atoms with van der Waals surface area (Å²) in [7, 11) is 4.65. The number of aromatic hydroxyl groups is 3. The van der Waals surface area contributed by atoms with Crippen molar-refractivity contribution in [2.45, 2.75) is 0 Å². The third kappa shape index (κ3) is 23.7. The number of hydrogen-bond acceptors (Lipinski definition) is 20. The van der Waals surface area contributed by atoms with Crippen LogP contribution in [0.15, 0.2) is 264 Å². The van der Waals surface area contributed by atoms with Gasteiger partial charge in [0.1, 0.15) is 52.2 Å². The number of aromatic amines is 1. The first-order valence-electron chi connectivity index (χ1n) is 40.5. The van der Waals surface area contributed by atoms with Crippen LogP contribution in [0.2, 0.25) is 10.0 Å². The molecule has 40 heteroatoms. The molecular weight excluding hydrogens is 2480 g/mol. The fraction of sp³-hybridized carbons (Fsp3) is 0.0303. The van der Waals surface area contributed by atoms with Crippen molar-refractivity contribution >= 4 is 346 Å². The quantitative estimate of drug-likeness (QED) is 0.0567. The van der Waals surface area contributed by atoms with E-state index in [4.69, 9.17) is 37.4 Å². The molecule has 7 aliphatic heterocycles. The molecule has 0 aliphatic carbocycles. The predicted octanol–water partition coefficient (Wildman–Crippen LogP) is 25.4. The molecule has 0 radical (unpaired) electrons. The molecule has 0 fully saturated rings. The summed E-state index contributed by atoms with van der Waals surface area (Å²) in [6.45, 7) is 0. The first kappa shape index (κ1) is 101. The Morgan fingerprint density at radius 3 is 0.921 bits per heavy atom. The van der Waals surface area contributed by atoms with Gasteiger partial charge in [0, 0.05) is 107 Å². The summed E-state index contributed by atoms with van der Waals surface area (Å²) in [5.74, 6) is 4.04. The average molecular weight is 2540 g/mol. The van der Waals surface area contributed by atoms with E-state index in [1.165, 1.54) is 6.20 Å². The van der Waals surface area contributed by atoms with E-state index in [-0.39, 0.29) is 58.6 Å². The van der Waals surface area contributed by atoms with Crippen molar-refractivity contribution in [1.29, 1.82) is 0 Å². The molecule has 696 valence electrons. The largest absolute Gasteiger partial charge is 0.506 e. The van der Waals surface area contributed by atoms with E-state index in [1.807, 2.05) is 109 Å². The third-order valence-corrected chi connectivity index (χ3v) is 26.6. The molecule has 15 heterocycles. The Balaban J connectivity index is 0.000000123. The number of carbonyl (C=O) groups excluding carboxylic acids is 7. The molecule has 0 saturated heterocycles. The van der Waals surface area contributed by atoms with E-state index in [1.54, 1.807) is 168 Å². The van der Waals surface area contributed by atoms with Gasteiger partial charge in [-0.3, -0.25) is 38.5 Å². The van der Waals surface area contributed by atoms with Gasteiger partial charge in [0.25, 0.3) is 41.4 Å². The summed E-state index contributed by atoms with van der Waals surface area (Å²) < 4.78 is 23.0. The second-order valence-electron chi connectivity index (χ2n) is 29.6. The van der Waals surface area contributed by atoms with Gasteiger partial charge < -0.3 is 71.7 Å². The van der Waals surface area contributed by atoms with E-state index in [0.717, 1.165) is 79.2 Å².